The number of sulfone groups is 1. The molecule has 300 valence electrons. The van der Waals surface area contributed by atoms with Crippen molar-refractivity contribution in [3.8, 4) is 0 Å². The van der Waals surface area contributed by atoms with Crippen molar-refractivity contribution in [3.05, 3.63) is 121 Å². The third-order valence-electron chi connectivity index (χ3n) is 8.98. The first-order valence-electron chi connectivity index (χ1n) is 20.8. The number of hydrogen-bond acceptors (Lipinski definition) is 4. The van der Waals surface area contributed by atoms with E-state index in [0.717, 1.165) is 64.2 Å². The summed E-state index contributed by atoms with van der Waals surface area (Å²) in [6.07, 6.45) is 46.5. The number of rotatable bonds is 30. The predicted octanol–water partition coefficient (Wildman–Crippen LogP) is 13.6. The number of unbranched alkanes of at least 4 members (excludes halogenated alkanes) is 10. The highest BCUT2D eigenvalue weighted by molar-refractivity contribution is 7.91. The number of nitrogens with one attached hydrogen (secondary N) is 2. The molecule has 0 radical (unpaired) electrons. The van der Waals surface area contributed by atoms with E-state index in [4.69, 9.17) is 0 Å². The van der Waals surface area contributed by atoms with Crippen LogP contribution in [-0.2, 0) is 19.4 Å². The van der Waals surface area contributed by atoms with Gasteiger partial charge in [0.1, 0.15) is 0 Å². The molecule has 6 nitrogen and oxygen atoms in total. The van der Waals surface area contributed by atoms with E-state index in [2.05, 4.69) is 97.4 Å². The molecular formula is C48H68N2O4S. The first-order chi connectivity index (χ1) is 26.9. The Kier molecular flexibility index (Phi) is 26.5. The molecule has 7 heteroatoms. The molecule has 2 N–H and O–H groups in total. The topological polar surface area (TPSA) is 92.3 Å². The molecule has 0 saturated carbocycles. The van der Waals surface area contributed by atoms with E-state index in [1.807, 2.05) is 0 Å². The molecule has 0 heterocycles. The number of amides is 2. The third kappa shape index (κ3) is 23.3. The minimum atomic E-state index is -3.76. The zero-order valence-corrected chi connectivity index (χ0v) is 34.5. The van der Waals surface area contributed by atoms with E-state index < -0.39 is 9.84 Å². The van der Waals surface area contributed by atoms with Crippen LogP contribution in [0.4, 0.5) is 11.4 Å². The molecule has 2 aromatic rings. The highest BCUT2D eigenvalue weighted by Crippen LogP contribution is 2.24. The molecule has 0 aliphatic rings. The van der Waals surface area contributed by atoms with Gasteiger partial charge in [-0.3, -0.25) is 9.59 Å². The molecule has 2 amide bonds. The first kappa shape index (κ1) is 46.9. The van der Waals surface area contributed by atoms with Crippen molar-refractivity contribution < 1.29 is 18.0 Å². The first-order valence-corrected chi connectivity index (χ1v) is 22.3. The molecule has 0 bridgehead atoms. The molecule has 0 spiro atoms. The number of allylic oxidation sites excluding steroid dienone is 12. The Morgan fingerprint density at radius 2 is 0.727 bits per heavy atom. The molecule has 0 saturated heterocycles. The van der Waals surface area contributed by atoms with E-state index in [1.165, 1.54) is 75.6 Å². The van der Waals surface area contributed by atoms with Crippen LogP contribution in [0.25, 0.3) is 0 Å². The largest absolute Gasteiger partial charge is 0.326 e. The second-order valence-corrected chi connectivity index (χ2v) is 15.9. The van der Waals surface area contributed by atoms with E-state index >= 15 is 0 Å². The normalized spacial score (nSPS) is 12.4. The predicted molar refractivity (Wildman–Crippen MR) is 234 cm³/mol. The zero-order chi connectivity index (χ0) is 39.7. The lowest BCUT2D eigenvalue weighted by atomic mass is 10.1. The summed E-state index contributed by atoms with van der Waals surface area (Å²) in [6.45, 7) is 4.45. The van der Waals surface area contributed by atoms with Crippen LogP contribution in [0.15, 0.2) is 131 Å². The van der Waals surface area contributed by atoms with Gasteiger partial charge in [-0.1, -0.05) is 112 Å². The molecule has 0 atom stereocenters. The summed E-state index contributed by atoms with van der Waals surface area (Å²) in [5.74, 6) is -0.176. The fraction of sp³-hybridized carbons (Fsp3) is 0.458. The maximum absolute atomic E-state index is 13.2. The van der Waals surface area contributed by atoms with Crippen molar-refractivity contribution in [3.63, 3.8) is 0 Å². The Morgan fingerprint density at radius 3 is 1.04 bits per heavy atom. The molecule has 2 aromatic carbocycles. The van der Waals surface area contributed by atoms with E-state index in [-0.39, 0.29) is 21.6 Å². The lowest BCUT2D eigenvalue weighted by Gasteiger charge is -2.09. The maximum Gasteiger partial charge on any atom is 0.224 e. The Hall–Kier alpha value is -4.23. The van der Waals surface area contributed by atoms with Gasteiger partial charge in [-0.2, -0.15) is 0 Å². The van der Waals surface area contributed by atoms with Crippen LogP contribution >= 0.6 is 0 Å². The lowest BCUT2D eigenvalue weighted by Crippen LogP contribution is -2.11. The van der Waals surface area contributed by atoms with Crippen molar-refractivity contribution >= 4 is 33.0 Å². The van der Waals surface area contributed by atoms with Gasteiger partial charge in [-0.05, 0) is 138 Å². The standard InChI is InChI=1S/C48H68N2O4S/c1-3-5-7-9-11-13-15-17-19-21-23-25-27-29-31-33-47(51)49-43-35-39-45(40-36-43)55(53,54)46-41-37-44(38-42-46)50-48(52)34-32-30-28-26-24-22-20-18-16-14-12-10-8-6-4-2/h11-14,17-20,23-26,35-42H,3-10,15-16,21-22,27-34H2,1-2H3,(H,49,51)(H,50,52)/b13-11-,14-12?,19-17-,20-18?,25-23-,26-24?. The second kappa shape index (κ2) is 31.0. The maximum atomic E-state index is 13.2. The number of carbonyl (C=O) groups is 2. The summed E-state index contributed by atoms with van der Waals surface area (Å²) in [5, 5.41) is 5.73. The van der Waals surface area contributed by atoms with Gasteiger partial charge in [-0.15, -0.1) is 0 Å². The van der Waals surface area contributed by atoms with Crippen LogP contribution in [-0.4, -0.2) is 20.2 Å². The zero-order valence-electron chi connectivity index (χ0n) is 33.7. The molecule has 0 unspecified atom stereocenters. The average molecular weight is 769 g/mol. The lowest BCUT2D eigenvalue weighted by molar-refractivity contribution is -0.117. The highest BCUT2D eigenvalue weighted by Gasteiger charge is 2.18. The number of hydrogen-bond donors (Lipinski definition) is 2. The van der Waals surface area contributed by atoms with Crippen LogP contribution in [0.1, 0.15) is 142 Å². The van der Waals surface area contributed by atoms with Crippen LogP contribution in [0.3, 0.4) is 0 Å². The van der Waals surface area contributed by atoms with Crippen LogP contribution in [0.5, 0.6) is 0 Å². The summed E-state index contributed by atoms with van der Waals surface area (Å²) in [4.78, 5) is 25.2. The molecular weight excluding hydrogens is 701 g/mol. The molecule has 55 heavy (non-hydrogen) atoms. The van der Waals surface area contributed by atoms with Gasteiger partial charge in [0.25, 0.3) is 0 Å². The summed E-state index contributed by atoms with van der Waals surface area (Å²) in [5.41, 5.74) is 1.12. The number of carbonyl (C=O) groups excluding carboxylic acids is 2. The van der Waals surface area contributed by atoms with Crippen molar-refractivity contribution in [2.24, 2.45) is 0 Å². The van der Waals surface area contributed by atoms with E-state index in [9.17, 15) is 18.0 Å². The fourth-order valence-corrected chi connectivity index (χ4v) is 6.95. The smallest absolute Gasteiger partial charge is 0.224 e. The van der Waals surface area contributed by atoms with Gasteiger partial charge >= 0.3 is 0 Å². The average Bonchev–Trinajstić information content (AvgIpc) is 3.18. The molecule has 0 fully saturated rings. The van der Waals surface area contributed by atoms with Gasteiger partial charge in [0.2, 0.25) is 21.7 Å². The molecule has 0 aliphatic carbocycles. The Labute approximate surface area is 334 Å². The minimum Gasteiger partial charge on any atom is -0.326 e. The summed E-state index contributed by atoms with van der Waals surface area (Å²) >= 11 is 0. The van der Waals surface area contributed by atoms with E-state index in [1.54, 1.807) is 24.3 Å². The van der Waals surface area contributed by atoms with Gasteiger partial charge < -0.3 is 10.6 Å². The minimum absolute atomic E-state index is 0.0878. The number of benzene rings is 2. The van der Waals surface area contributed by atoms with Gasteiger partial charge in [0.05, 0.1) is 9.79 Å². The SMILES string of the molecule is CCCCCC=CCC=CCC=CCCCCC(=O)Nc1ccc(S(=O)(=O)c2ccc(NC(=O)CCCC/C=C\C/C=C\C/C=C\CCCCC)cc2)cc1. The van der Waals surface area contributed by atoms with Crippen molar-refractivity contribution in [2.45, 2.75) is 152 Å². The van der Waals surface area contributed by atoms with Gasteiger partial charge in [0, 0.05) is 24.2 Å². The summed E-state index contributed by atoms with van der Waals surface area (Å²) in [7, 11) is -3.76. The number of anilines is 2. The van der Waals surface area contributed by atoms with E-state index in [0.29, 0.717) is 24.2 Å². The Balaban J connectivity index is 1.62. The third-order valence-corrected chi connectivity index (χ3v) is 10.8. The molecule has 0 aliphatic heterocycles. The Morgan fingerprint density at radius 1 is 0.436 bits per heavy atom. The Bertz CT molecular complexity index is 1500. The van der Waals surface area contributed by atoms with Gasteiger partial charge in [0.15, 0.2) is 0 Å². The van der Waals surface area contributed by atoms with Crippen LogP contribution in [0.2, 0.25) is 0 Å². The summed E-state index contributed by atoms with van der Waals surface area (Å²) in [6, 6.07) is 12.5. The van der Waals surface area contributed by atoms with Crippen molar-refractivity contribution in [2.75, 3.05) is 10.6 Å². The van der Waals surface area contributed by atoms with Crippen LogP contribution < -0.4 is 10.6 Å². The molecule has 2 rings (SSSR count). The quantitative estimate of drug-likeness (QED) is 0.0611. The fourth-order valence-electron chi connectivity index (χ4n) is 5.69. The van der Waals surface area contributed by atoms with Gasteiger partial charge in [-0.25, -0.2) is 8.42 Å². The highest BCUT2D eigenvalue weighted by atomic mass is 32.2. The molecule has 0 aromatic heterocycles. The monoisotopic (exact) mass is 768 g/mol. The summed E-state index contributed by atoms with van der Waals surface area (Å²) < 4.78 is 26.5. The van der Waals surface area contributed by atoms with Crippen LogP contribution in [0, 0.1) is 0 Å². The second-order valence-electron chi connectivity index (χ2n) is 13.9. The van der Waals surface area contributed by atoms with Crippen molar-refractivity contribution in [1.29, 1.82) is 0 Å². The van der Waals surface area contributed by atoms with Crippen molar-refractivity contribution in [1.82, 2.24) is 0 Å².